The van der Waals surface area contributed by atoms with Gasteiger partial charge in [-0.05, 0) is 12.1 Å². The largest absolute Gasteiger partial charge is 0.508 e. The van der Waals surface area contributed by atoms with E-state index in [-0.39, 0.29) is 16.7 Å². The van der Waals surface area contributed by atoms with E-state index in [9.17, 15) is 23.1 Å². The van der Waals surface area contributed by atoms with E-state index in [4.69, 9.17) is 5.11 Å². The number of hydrogen-bond donors (Lipinski definition) is 3. The third kappa shape index (κ3) is 2.53. The van der Waals surface area contributed by atoms with Crippen LogP contribution in [0.25, 0.3) is 10.9 Å². The van der Waals surface area contributed by atoms with Gasteiger partial charge in [0.2, 0.25) is 0 Å². The Morgan fingerprint density at radius 2 is 2.05 bits per heavy atom. The average molecular weight is 274 g/mol. The lowest BCUT2D eigenvalue weighted by atomic mass is 10.1. The molecular weight excluding hydrogens is 265 g/mol. The maximum absolute atomic E-state index is 12.6. The monoisotopic (exact) mass is 274 g/mol. The topological polar surface area (TPSA) is 86.2 Å². The zero-order valence-electron chi connectivity index (χ0n) is 9.40. The van der Waals surface area contributed by atoms with Crippen molar-refractivity contribution in [3.8, 4) is 5.75 Å². The van der Waals surface area contributed by atoms with E-state index in [0.717, 1.165) is 6.07 Å². The molecule has 2 aromatic rings. The number of aromatic hydroxyl groups is 1. The fraction of sp³-hybridized carbons (Fsp3) is 0.273. The van der Waals surface area contributed by atoms with Crippen LogP contribution in [0, 0.1) is 0 Å². The summed E-state index contributed by atoms with van der Waals surface area (Å²) in [6.07, 6.45) is -4.73. The Bertz CT molecular complexity index is 666. The summed E-state index contributed by atoms with van der Waals surface area (Å²) in [7, 11) is 0. The Morgan fingerprint density at radius 1 is 1.37 bits per heavy atom. The summed E-state index contributed by atoms with van der Waals surface area (Å²) in [6.45, 7) is -1.23. The van der Waals surface area contributed by atoms with Crippen molar-refractivity contribution in [3.05, 3.63) is 34.4 Å². The molecule has 3 N–H and O–H groups in total. The number of alkyl halides is 3. The zero-order valence-corrected chi connectivity index (χ0v) is 9.40. The molecule has 1 heterocycles. The Labute approximate surface area is 104 Å². The SMILES string of the molecule is O=c1[nH]c(C(CO)C(F)(F)F)nc2cc(O)ccc12. The molecule has 0 aliphatic heterocycles. The highest BCUT2D eigenvalue weighted by Crippen LogP contribution is 2.32. The van der Waals surface area contributed by atoms with Gasteiger partial charge in [-0.15, -0.1) is 0 Å². The molecule has 102 valence electrons. The summed E-state index contributed by atoms with van der Waals surface area (Å²) < 4.78 is 37.9. The predicted molar refractivity (Wildman–Crippen MR) is 59.9 cm³/mol. The first-order chi connectivity index (χ1) is 8.82. The Hall–Kier alpha value is -2.09. The van der Waals surface area contributed by atoms with Gasteiger partial charge < -0.3 is 15.2 Å². The number of aliphatic hydroxyl groups is 1. The lowest BCUT2D eigenvalue weighted by Gasteiger charge is -2.17. The fourth-order valence-corrected chi connectivity index (χ4v) is 1.66. The minimum Gasteiger partial charge on any atom is -0.508 e. The minimum absolute atomic E-state index is 0.0559. The maximum Gasteiger partial charge on any atom is 0.400 e. The van der Waals surface area contributed by atoms with Crippen molar-refractivity contribution in [2.75, 3.05) is 6.61 Å². The molecule has 0 spiro atoms. The number of nitrogens with one attached hydrogen (secondary N) is 1. The number of hydrogen-bond acceptors (Lipinski definition) is 4. The number of aromatic amines is 1. The second kappa shape index (κ2) is 4.54. The third-order valence-electron chi connectivity index (χ3n) is 2.62. The normalized spacial score (nSPS) is 13.7. The van der Waals surface area contributed by atoms with Crippen LogP contribution in [0.1, 0.15) is 11.7 Å². The van der Waals surface area contributed by atoms with Crippen LogP contribution in [-0.2, 0) is 0 Å². The van der Waals surface area contributed by atoms with Gasteiger partial charge in [-0.1, -0.05) is 0 Å². The van der Waals surface area contributed by atoms with Gasteiger partial charge >= 0.3 is 6.18 Å². The molecule has 8 heteroatoms. The van der Waals surface area contributed by atoms with Crippen LogP contribution < -0.4 is 5.56 Å². The van der Waals surface area contributed by atoms with Crippen molar-refractivity contribution >= 4 is 10.9 Å². The van der Waals surface area contributed by atoms with Crippen molar-refractivity contribution < 1.29 is 23.4 Å². The fourth-order valence-electron chi connectivity index (χ4n) is 1.66. The van der Waals surface area contributed by atoms with Crippen LogP contribution in [0.5, 0.6) is 5.75 Å². The number of aromatic nitrogens is 2. The van der Waals surface area contributed by atoms with Crippen molar-refractivity contribution in [1.29, 1.82) is 0 Å². The minimum atomic E-state index is -4.73. The van der Waals surface area contributed by atoms with Gasteiger partial charge in [0.25, 0.3) is 5.56 Å². The van der Waals surface area contributed by atoms with Crippen LogP contribution in [-0.4, -0.2) is 33.0 Å². The molecule has 1 atom stereocenters. The molecule has 1 aromatic carbocycles. The molecule has 0 bridgehead atoms. The van der Waals surface area contributed by atoms with E-state index < -0.39 is 30.1 Å². The van der Waals surface area contributed by atoms with Crippen LogP contribution in [0.2, 0.25) is 0 Å². The van der Waals surface area contributed by atoms with Crippen LogP contribution in [0.4, 0.5) is 13.2 Å². The lowest BCUT2D eigenvalue weighted by Crippen LogP contribution is -2.28. The summed E-state index contributed by atoms with van der Waals surface area (Å²) in [5, 5.41) is 18.1. The molecular formula is C11H9F3N2O3. The summed E-state index contributed by atoms with van der Waals surface area (Å²) in [5.41, 5.74) is -0.829. The number of benzene rings is 1. The highest BCUT2D eigenvalue weighted by atomic mass is 19.4. The predicted octanol–water partition coefficient (Wildman–Crippen LogP) is 1.27. The Balaban J connectivity index is 2.66. The molecule has 1 aromatic heterocycles. The van der Waals surface area contributed by atoms with Crippen molar-refractivity contribution in [2.45, 2.75) is 12.1 Å². The average Bonchev–Trinajstić information content (AvgIpc) is 2.27. The molecule has 0 saturated heterocycles. The summed E-state index contributed by atoms with van der Waals surface area (Å²) in [5.74, 6) is -3.17. The molecule has 0 aliphatic rings. The van der Waals surface area contributed by atoms with Crippen LogP contribution in [0.15, 0.2) is 23.0 Å². The first kappa shape index (κ1) is 13.3. The van der Waals surface area contributed by atoms with Gasteiger partial charge in [0, 0.05) is 6.07 Å². The number of phenolic OH excluding ortho intramolecular Hbond substituents is 1. The first-order valence-corrected chi connectivity index (χ1v) is 5.23. The number of aliphatic hydroxyl groups excluding tert-OH is 1. The number of fused-ring (bicyclic) bond motifs is 1. The van der Waals surface area contributed by atoms with E-state index in [1.165, 1.54) is 12.1 Å². The summed E-state index contributed by atoms with van der Waals surface area (Å²) >= 11 is 0. The van der Waals surface area contributed by atoms with Crippen molar-refractivity contribution in [2.24, 2.45) is 0 Å². The number of phenols is 1. The molecule has 0 aliphatic carbocycles. The Kier molecular flexibility index (Phi) is 3.19. The molecule has 1 unspecified atom stereocenters. The molecule has 2 rings (SSSR count). The van der Waals surface area contributed by atoms with E-state index >= 15 is 0 Å². The zero-order chi connectivity index (χ0) is 14.2. The molecule has 0 radical (unpaired) electrons. The van der Waals surface area contributed by atoms with Crippen molar-refractivity contribution in [1.82, 2.24) is 9.97 Å². The second-order valence-corrected chi connectivity index (χ2v) is 3.93. The second-order valence-electron chi connectivity index (χ2n) is 3.93. The maximum atomic E-state index is 12.6. The first-order valence-electron chi connectivity index (χ1n) is 5.23. The van der Waals surface area contributed by atoms with Gasteiger partial charge in [0.15, 0.2) is 0 Å². The Morgan fingerprint density at radius 3 is 2.63 bits per heavy atom. The standard InChI is InChI=1S/C11H9F3N2O3/c12-11(13,14)7(4-17)9-15-8-3-5(18)1-2-6(8)10(19)16-9/h1-3,7,17-18H,4H2,(H,15,16,19). The summed E-state index contributed by atoms with van der Waals surface area (Å²) in [6, 6.07) is 3.56. The smallest absolute Gasteiger partial charge is 0.400 e. The molecule has 5 nitrogen and oxygen atoms in total. The van der Waals surface area contributed by atoms with E-state index in [0.29, 0.717) is 0 Å². The molecule has 0 saturated carbocycles. The highest BCUT2D eigenvalue weighted by molar-refractivity contribution is 5.78. The van der Waals surface area contributed by atoms with Gasteiger partial charge in [-0.25, -0.2) is 4.98 Å². The quantitative estimate of drug-likeness (QED) is 0.769. The van der Waals surface area contributed by atoms with Gasteiger partial charge in [-0.3, -0.25) is 4.79 Å². The van der Waals surface area contributed by atoms with Gasteiger partial charge in [-0.2, -0.15) is 13.2 Å². The number of rotatable bonds is 2. The van der Waals surface area contributed by atoms with E-state index in [1.807, 2.05) is 4.98 Å². The molecule has 0 amide bonds. The van der Waals surface area contributed by atoms with E-state index in [1.54, 1.807) is 0 Å². The van der Waals surface area contributed by atoms with Gasteiger partial charge in [0.05, 0.1) is 17.5 Å². The number of nitrogens with zero attached hydrogens (tertiary/aromatic N) is 1. The number of halogens is 3. The third-order valence-corrected chi connectivity index (χ3v) is 2.62. The highest BCUT2D eigenvalue weighted by Gasteiger charge is 2.42. The van der Waals surface area contributed by atoms with Crippen molar-refractivity contribution in [3.63, 3.8) is 0 Å². The number of H-pyrrole nitrogens is 1. The van der Waals surface area contributed by atoms with Gasteiger partial charge in [0.1, 0.15) is 17.5 Å². The summed E-state index contributed by atoms with van der Waals surface area (Å²) in [4.78, 5) is 17.3. The van der Waals surface area contributed by atoms with Crippen LogP contribution >= 0.6 is 0 Å². The lowest BCUT2D eigenvalue weighted by molar-refractivity contribution is -0.160. The molecule has 19 heavy (non-hydrogen) atoms. The van der Waals surface area contributed by atoms with E-state index in [2.05, 4.69) is 4.98 Å². The van der Waals surface area contributed by atoms with Crippen LogP contribution in [0.3, 0.4) is 0 Å². The molecule has 0 fully saturated rings.